The van der Waals surface area contributed by atoms with E-state index in [1.165, 1.54) is 16.9 Å². The molecule has 128 valence electrons. The maximum Gasteiger partial charge on any atom is 0.276 e. The van der Waals surface area contributed by atoms with Crippen LogP contribution < -0.4 is 0 Å². The first-order chi connectivity index (χ1) is 12.1. The summed E-state index contributed by atoms with van der Waals surface area (Å²) in [4.78, 5) is 15.9. The molecule has 0 radical (unpaired) electrons. The van der Waals surface area contributed by atoms with E-state index in [0.29, 0.717) is 24.5 Å². The second-order valence-corrected chi connectivity index (χ2v) is 5.71. The van der Waals surface area contributed by atoms with Gasteiger partial charge in [-0.05, 0) is 43.7 Å². The number of carbonyl (C=O) groups is 1. The molecule has 0 atom stereocenters. The van der Waals surface area contributed by atoms with Crippen LogP contribution in [0.3, 0.4) is 0 Å². The number of carbonyl (C=O) groups excluding carboxylic acids is 1. The zero-order chi connectivity index (χ0) is 17.8. The maximum atomic E-state index is 13.4. The molecule has 1 aromatic heterocycles. The van der Waals surface area contributed by atoms with E-state index in [2.05, 4.69) is 10.2 Å². The Kier molecular flexibility index (Phi) is 4.88. The van der Waals surface area contributed by atoms with Crippen LogP contribution in [0.25, 0.3) is 5.69 Å². The number of aryl methyl sites for hydroxylation is 1. The highest BCUT2D eigenvalue weighted by Crippen LogP contribution is 2.13. The zero-order valence-electron chi connectivity index (χ0n) is 14.2. The largest absolute Gasteiger partial charge is 0.333 e. The third-order valence-electron chi connectivity index (χ3n) is 3.90. The Morgan fingerprint density at radius 1 is 1.12 bits per heavy atom. The van der Waals surface area contributed by atoms with E-state index >= 15 is 0 Å². The Morgan fingerprint density at radius 3 is 2.56 bits per heavy atom. The highest BCUT2D eigenvalue weighted by atomic mass is 19.1. The summed E-state index contributed by atoms with van der Waals surface area (Å²) >= 11 is 0. The van der Waals surface area contributed by atoms with Crippen molar-refractivity contribution in [3.05, 3.63) is 77.4 Å². The zero-order valence-corrected chi connectivity index (χ0v) is 14.2. The molecule has 0 aliphatic rings. The van der Waals surface area contributed by atoms with Crippen LogP contribution in [0.1, 0.15) is 28.7 Å². The average molecular weight is 338 g/mol. The van der Waals surface area contributed by atoms with Crippen molar-refractivity contribution >= 4 is 5.91 Å². The van der Waals surface area contributed by atoms with Gasteiger partial charge in [-0.2, -0.15) is 9.90 Å². The maximum absolute atomic E-state index is 13.4. The van der Waals surface area contributed by atoms with Gasteiger partial charge in [-0.25, -0.2) is 4.39 Å². The lowest BCUT2D eigenvalue weighted by atomic mass is 10.2. The molecule has 0 N–H and O–H groups in total. The fraction of sp³-hybridized carbons (Fsp3) is 0.211. The predicted molar refractivity (Wildman–Crippen MR) is 92.9 cm³/mol. The molecule has 2 aromatic carbocycles. The molecule has 0 saturated heterocycles. The number of halogens is 1. The van der Waals surface area contributed by atoms with Gasteiger partial charge >= 0.3 is 0 Å². The third kappa shape index (κ3) is 3.74. The van der Waals surface area contributed by atoms with Gasteiger partial charge in [-0.15, -0.1) is 5.10 Å². The Hall–Kier alpha value is -3.02. The molecule has 0 spiro atoms. The summed E-state index contributed by atoms with van der Waals surface area (Å²) in [5.41, 5.74) is 2.40. The highest BCUT2D eigenvalue weighted by molar-refractivity contribution is 5.93. The molecule has 0 aliphatic carbocycles. The predicted octanol–water partition coefficient (Wildman–Crippen LogP) is 3.38. The topological polar surface area (TPSA) is 51.0 Å². The SMILES string of the molecule is CCN(Cc1cccc(F)c1)C(=O)c1nn(-c2ccccc2)nc1C. The molecule has 0 aliphatic heterocycles. The molecule has 25 heavy (non-hydrogen) atoms. The van der Waals surface area contributed by atoms with Gasteiger partial charge in [0.05, 0.1) is 11.4 Å². The smallest absolute Gasteiger partial charge is 0.276 e. The van der Waals surface area contributed by atoms with Gasteiger partial charge in [0.1, 0.15) is 5.82 Å². The molecule has 3 rings (SSSR count). The minimum absolute atomic E-state index is 0.216. The summed E-state index contributed by atoms with van der Waals surface area (Å²) in [6, 6.07) is 15.7. The molecule has 1 heterocycles. The average Bonchev–Trinajstić information content (AvgIpc) is 3.02. The van der Waals surface area contributed by atoms with E-state index in [1.54, 1.807) is 24.0 Å². The second kappa shape index (κ2) is 7.25. The molecule has 1 amide bonds. The Labute approximate surface area is 145 Å². The van der Waals surface area contributed by atoms with Crippen LogP contribution in [0.2, 0.25) is 0 Å². The van der Waals surface area contributed by atoms with Gasteiger partial charge in [0.25, 0.3) is 5.91 Å². The number of amides is 1. The Balaban J connectivity index is 1.85. The van der Waals surface area contributed by atoms with Crippen molar-refractivity contribution in [2.45, 2.75) is 20.4 Å². The fourth-order valence-electron chi connectivity index (χ4n) is 2.59. The van der Waals surface area contributed by atoms with Gasteiger partial charge in [0.15, 0.2) is 5.69 Å². The first kappa shape index (κ1) is 16.8. The first-order valence-corrected chi connectivity index (χ1v) is 8.11. The normalized spacial score (nSPS) is 10.7. The van der Waals surface area contributed by atoms with Gasteiger partial charge < -0.3 is 4.90 Å². The quantitative estimate of drug-likeness (QED) is 0.717. The number of hydrogen-bond donors (Lipinski definition) is 0. The van der Waals surface area contributed by atoms with Gasteiger partial charge in [0.2, 0.25) is 0 Å². The lowest BCUT2D eigenvalue weighted by Crippen LogP contribution is -2.31. The minimum Gasteiger partial charge on any atom is -0.333 e. The monoisotopic (exact) mass is 338 g/mol. The van der Waals surface area contributed by atoms with E-state index < -0.39 is 0 Å². The Morgan fingerprint density at radius 2 is 1.88 bits per heavy atom. The number of rotatable bonds is 5. The third-order valence-corrected chi connectivity index (χ3v) is 3.90. The molecule has 0 bridgehead atoms. The molecule has 0 fully saturated rings. The van der Waals surface area contributed by atoms with Crippen molar-refractivity contribution in [2.75, 3.05) is 6.54 Å². The first-order valence-electron chi connectivity index (χ1n) is 8.11. The van der Waals surface area contributed by atoms with E-state index in [1.807, 2.05) is 37.3 Å². The van der Waals surface area contributed by atoms with Crippen LogP contribution in [0, 0.1) is 12.7 Å². The molecular weight excluding hydrogens is 319 g/mol. The number of hydrogen-bond acceptors (Lipinski definition) is 3. The van der Waals surface area contributed by atoms with Crippen LogP contribution in [-0.4, -0.2) is 32.3 Å². The van der Waals surface area contributed by atoms with Crippen molar-refractivity contribution in [3.63, 3.8) is 0 Å². The molecule has 3 aromatic rings. The fourth-order valence-corrected chi connectivity index (χ4v) is 2.59. The van der Waals surface area contributed by atoms with Gasteiger partial charge in [-0.3, -0.25) is 4.79 Å². The van der Waals surface area contributed by atoms with E-state index in [4.69, 9.17) is 0 Å². The summed E-state index contributed by atoms with van der Waals surface area (Å²) < 4.78 is 13.4. The van der Waals surface area contributed by atoms with Crippen molar-refractivity contribution < 1.29 is 9.18 Å². The van der Waals surface area contributed by atoms with E-state index in [9.17, 15) is 9.18 Å². The molecule has 6 heteroatoms. The van der Waals surface area contributed by atoms with Crippen molar-refractivity contribution in [1.82, 2.24) is 19.9 Å². The number of benzene rings is 2. The molecule has 0 saturated carbocycles. The highest BCUT2D eigenvalue weighted by Gasteiger charge is 2.21. The van der Waals surface area contributed by atoms with Crippen LogP contribution in [0.4, 0.5) is 4.39 Å². The molecule has 0 unspecified atom stereocenters. The lowest BCUT2D eigenvalue weighted by Gasteiger charge is -2.20. The van der Waals surface area contributed by atoms with E-state index in [-0.39, 0.29) is 11.7 Å². The number of aromatic nitrogens is 3. The van der Waals surface area contributed by atoms with Crippen molar-refractivity contribution in [2.24, 2.45) is 0 Å². The van der Waals surface area contributed by atoms with Crippen molar-refractivity contribution in [1.29, 1.82) is 0 Å². The molecule has 5 nitrogen and oxygen atoms in total. The summed E-state index contributed by atoms with van der Waals surface area (Å²) in [6.07, 6.45) is 0. The van der Waals surface area contributed by atoms with Crippen LogP contribution in [0.15, 0.2) is 54.6 Å². The van der Waals surface area contributed by atoms with Gasteiger partial charge in [-0.1, -0.05) is 30.3 Å². The van der Waals surface area contributed by atoms with Crippen molar-refractivity contribution in [3.8, 4) is 5.69 Å². The standard InChI is InChI=1S/C19H19FN4O/c1-3-23(13-15-8-7-9-16(20)12-15)19(25)18-14(2)21-24(22-18)17-10-5-4-6-11-17/h4-12H,3,13H2,1-2H3. The summed E-state index contributed by atoms with van der Waals surface area (Å²) in [5.74, 6) is -0.529. The molecular formula is C19H19FN4O. The number of para-hydroxylation sites is 1. The van der Waals surface area contributed by atoms with Crippen LogP contribution in [0.5, 0.6) is 0 Å². The minimum atomic E-state index is -0.313. The lowest BCUT2D eigenvalue weighted by molar-refractivity contribution is 0.0745. The van der Waals surface area contributed by atoms with E-state index in [0.717, 1.165) is 11.3 Å². The van der Waals surface area contributed by atoms with Gasteiger partial charge in [0, 0.05) is 13.1 Å². The Bertz CT molecular complexity index is 876. The summed E-state index contributed by atoms with van der Waals surface area (Å²) in [6.45, 7) is 4.46. The number of nitrogens with zero attached hydrogens (tertiary/aromatic N) is 4. The second-order valence-electron chi connectivity index (χ2n) is 5.71. The summed E-state index contributed by atoms with van der Waals surface area (Å²) in [5, 5.41) is 8.69. The van der Waals surface area contributed by atoms with Crippen LogP contribution >= 0.6 is 0 Å². The summed E-state index contributed by atoms with van der Waals surface area (Å²) in [7, 11) is 0. The van der Waals surface area contributed by atoms with Crippen LogP contribution in [-0.2, 0) is 6.54 Å².